The Kier molecular flexibility index (Phi) is 5.18. The summed E-state index contributed by atoms with van der Waals surface area (Å²) in [4.78, 5) is 27.8. The van der Waals surface area contributed by atoms with Gasteiger partial charge in [-0.3, -0.25) is 9.36 Å². The number of hydrogen-bond acceptors (Lipinski definition) is 6. The van der Waals surface area contributed by atoms with Crippen molar-refractivity contribution in [2.24, 2.45) is 0 Å². The van der Waals surface area contributed by atoms with E-state index in [4.69, 9.17) is 4.74 Å². The van der Waals surface area contributed by atoms with Crippen LogP contribution in [0.5, 0.6) is 5.75 Å². The molecule has 8 heteroatoms. The molecule has 1 aliphatic rings. The van der Waals surface area contributed by atoms with Crippen molar-refractivity contribution < 1.29 is 9.53 Å². The number of aromatic nitrogens is 4. The molecule has 0 bridgehead atoms. The number of amides is 1. The molecule has 0 spiro atoms. The summed E-state index contributed by atoms with van der Waals surface area (Å²) >= 11 is 0. The van der Waals surface area contributed by atoms with E-state index < -0.39 is 0 Å². The average Bonchev–Trinajstić information content (AvgIpc) is 3.25. The molecule has 3 aromatic rings. The summed E-state index contributed by atoms with van der Waals surface area (Å²) < 4.78 is 6.99. The standard InChI is InChI=1S/C20H22N6O2/c1-28-17-8-4-3-7-15(17)24-20(27)16-12-26(14-23-16)19-11-18(21-13-22-19)25-9-5-2-6-10-25/h3-4,7-8,11-14H,2,5-6,9-10H2,1H3,(H,24,27). The first kappa shape index (κ1) is 18.0. The van der Waals surface area contributed by atoms with E-state index in [0.717, 1.165) is 18.9 Å². The lowest BCUT2D eigenvalue weighted by atomic mass is 10.1. The molecule has 1 amide bonds. The van der Waals surface area contributed by atoms with Crippen molar-refractivity contribution in [1.29, 1.82) is 0 Å². The summed E-state index contributed by atoms with van der Waals surface area (Å²) in [6.07, 6.45) is 8.41. The minimum Gasteiger partial charge on any atom is -0.495 e. The second-order valence-electron chi connectivity index (χ2n) is 6.60. The van der Waals surface area contributed by atoms with Gasteiger partial charge < -0.3 is 15.0 Å². The van der Waals surface area contributed by atoms with Crippen LogP contribution < -0.4 is 15.0 Å². The average molecular weight is 378 g/mol. The summed E-state index contributed by atoms with van der Waals surface area (Å²) in [5, 5.41) is 2.82. The highest BCUT2D eigenvalue weighted by atomic mass is 16.5. The number of ether oxygens (including phenoxy) is 1. The molecule has 0 saturated carbocycles. The molecule has 0 aliphatic carbocycles. The number of nitrogens with zero attached hydrogens (tertiary/aromatic N) is 5. The maximum absolute atomic E-state index is 12.6. The van der Waals surface area contributed by atoms with Gasteiger partial charge in [-0.25, -0.2) is 15.0 Å². The number of imidazole rings is 1. The summed E-state index contributed by atoms with van der Waals surface area (Å²) in [5.74, 6) is 1.86. The van der Waals surface area contributed by atoms with Crippen molar-refractivity contribution in [3.63, 3.8) is 0 Å². The third-order valence-electron chi connectivity index (χ3n) is 4.75. The zero-order valence-corrected chi connectivity index (χ0v) is 15.7. The van der Waals surface area contributed by atoms with Crippen LogP contribution in [0.3, 0.4) is 0 Å². The number of rotatable bonds is 5. The smallest absolute Gasteiger partial charge is 0.275 e. The van der Waals surface area contributed by atoms with Crippen molar-refractivity contribution in [2.45, 2.75) is 19.3 Å². The maximum Gasteiger partial charge on any atom is 0.275 e. The Balaban J connectivity index is 1.52. The van der Waals surface area contributed by atoms with Crippen molar-refractivity contribution in [3.05, 3.63) is 54.9 Å². The van der Waals surface area contributed by atoms with Gasteiger partial charge in [0.25, 0.3) is 5.91 Å². The van der Waals surface area contributed by atoms with Crippen molar-refractivity contribution in [2.75, 3.05) is 30.4 Å². The van der Waals surface area contributed by atoms with Gasteiger partial charge in [-0.1, -0.05) is 12.1 Å². The molecule has 0 atom stereocenters. The van der Waals surface area contributed by atoms with E-state index in [2.05, 4.69) is 25.2 Å². The van der Waals surface area contributed by atoms with Gasteiger partial charge in [0.15, 0.2) is 0 Å². The molecule has 28 heavy (non-hydrogen) atoms. The van der Waals surface area contributed by atoms with E-state index in [-0.39, 0.29) is 5.91 Å². The second-order valence-corrected chi connectivity index (χ2v) is 6.60. The predicted octanol–water partition coefficient (Wildman–Crippen LogP) is 2.91. The number of carbonyl (C=O) groups is 1. The van der Waals surface area contributed by atoms with Gasteiger partial charge in [0.1, 0.15) is 35.7 Å². The van der Waals surface area contributed by atoms with Gasteiger partial charge in [-0.05, 0) is 31.4 Å². The Morgan fingerprint density at radius 3 is 2.68 bits per heavy atom. The minimum absolute atomic E-state index is 0.295. The molecule has 0 unspecified atom stereocenters. The van der Waals surface area contributed by atoms with Crippen molar-refractivity contribution >= 4 is 17.4 Å². The molecule has 0 radical (unpaired) electrons. The zero-order valence-electron chi connectivity index (χ0n) is 15.7. The Morgan fingerprint density at radius 2 is 1.86 bits per heavy atom. The number of methoxy groups -OCH3 is 1. The number of hydrogen-bond donors (Lipinski definition) is 1. The van der Waals surface area contributed by atoms with E-state index in [0.29, 0.717) is 22.9 Å². The number of para-hydroxylation sites is 2. The molecular formula is C20H22N6O2. The number of carbonyl (C=O) groups excluding carboxylic acids is 1. The van der Waals surface area contributed by atoms with E-state index >= 15 is 0 Å². The molecule has 3 heterocycles. The molecular weight excluding hydrogens is 356 g/mol. The normalized spacial score (nSPS) is 14.0. The number of benzene rings is 1. The third kappa shape index (κ3) is 3.80. The molecule has 1 aliphatic heterocycles. The summed E-state index contributed by atoms with van der Waals surface area (Å²) in [7, 11) is 1.56. The van der Waals surface area contributed by atoms with Crippen LogP contribution in [0, 0.1) is 0 Å². The van der Waals surface area contributed by atoms with Crippen LogP contribution in [0.15, 0.2) is 49.2 Å². The maximum atomic E-state index is 12.6. The Morgan fingerprint density at radius 1 is 1.07 bits per heavy atom. The van der Waals surface area contributed by atoms with Crippen LogP contribution in [-0.2, 0) is 0 Å². The fraction of sp³-hybridized carbons (Fsp3) is 0.300. The highest BCUT2D eigenvalue weighted by molar-refractivity contribution is 6.03. The monoisotopic (exact) mass is 378 g/mol. The van der Waals surface area contributed by atoms with Crippen LogP contribution in [0.1, 0.15) is 29.8 Å². The summed E-state index contributed by atoms with van der Waals surface area (Å²) in [6.45, 7) is 2.01. The lowest BCUT2D eigenvalue weighted by Crippen LogP contribution is -2.30. The first-order valence-corrected chi connectivity index (χ1v) is 9.30. The fourth-order valence-electron chi connectivity index (χ4n) is 3.27. The number of anilines is 2. The molecule has 8 nitrogen and oxygen atoms in total. The van der Waals surface area contributed by atoms with E-state index in [1.807, 2.05) is 18.2 Å². The third-order valence-corrected chi connectivity index (χ3v) is 4.75. The molecule has 4 rings (SSSR count). The predicted molar refractivity (Wildman–Crippen MR) is 106 cm³/mol. The SMILES string of the molecule is COc1ccccc1NC(=O)c1cn(-c2cc(N3CCCCC3)ncn2)cn1. The van der Waals surface area contributed by atoms with Gasteiger partial charge in [0.2, 0.25) is 0 Å². The first-order valence-electron chi connectivity index (χ1n) is 9.30. The highest BCUT2D eigenvalue weighted by Crippen LogP contribution is 2.24. The van der Waals surface area contributed by atoms with E-state index in [1.165, 1.54) is 19.3 Å². The minimum atomic E-state index is -0.312. The van der Waals surface area contributed by atoms with E-state index in [1.54, 1.807) is 42.7 Å². The molecule has 1 aromatic carbocycles. The van der Waals surface area contributed by atoms with Crippen molar-refractivity contribution in [1.82, 2.24) is 19.5 Å². The van der Waals surface area contributed by atoms with Gasteiger partial charge in [0.05, 0.1) is 12.8 Å². The molecule has 144 valence electrons. The lowest BCUT2D eigenvalue weighted by Gasteiger charge is -2.27. The van der Waals surface area contributed by atoms with Crippen LogP contribution in [0.4, 0.5) is 11.5 Å². The molecule has 2 aromatic heterocycles. The lowest BCUT2D eigenvalue weighted by molar-refractivity contribution is 0.102. The van der Waals surface area contributed by atoms with Gasteiger partial charge in [0, 0.05) is 25.4 Å². The van der Waals surface area contributed by atoms with Gasteiger partial charge in [-0.15, -0.1) is 0 Å². The zero-order chi connectivity index (χ0) is 19.3. The van der Waals surface area contributed by atoms with Crippen LogP contribution >= 0.6 is 0 Å². The van der Waals surface area contributed by atoms with Gasteiger partial charge >= 0.3 is 0 Å². The molecule has 1 saturated heterocycles. The molecule has 1 fully saturated rings. The highest BCUT2D eigenvalue weighted by Gasteiger charge is 2.15. The topological polar surface area (TPSA) is 85.2 Å². The summed E-state index contributed by atoms with van der Waals surface area (Å²) in [6, 6.07) is 9.17. The molecule has 1 N–H and O–H groups in total. The first-order chi connectivity index (χ1) is 13.7. The van der Waals surface area contributed by atoms with Crippen LogP contribution in [0.25, 0.3) is 5.82 Å². The van der Waals surface area contributed by atoms with Crippen LogP contribution in [0.2, 0.25) is 0 Å². The summed E-state index contributed by atoms with van der Waals surface area (Å²) in [5.41, 5.74) is 0.892. The Labute approximate surface area is 163 Å². The Bertz CT molecular complexity index is 965. The number of piperidine rings is 1. The second kappa shape index (κ2) is 8.08. The Hall–Kier alpha value is -3.42. The quantitative estimate of drug-likeness (QED) is 0.735. The largest absolute Gasteiger partial charge is 0.495 e. The fourth-order valence-corrected chi connectivity index (χ4v) is 3.27. The van der Waals surface area contributed by atoms with Gasteiger partial charge in [-0.2, -0.15) is 0 Å². The van der Waals surface area contributed by atoms with Crippen LogP contribution in [-0.4, -0.2) is 45.6 Å². The van der Waals surface area contributed by atoms with E-state index in [9.17, 15) is 4.79 Å². The van der Waals surface area contributed by atoms with Crippen molar-refractivity contribution in [3.8, 4) is 11.6 Å². The number of nitrogens with one attached hydrogen (secondary N) is 1.